The van der Waals surface area contributed by atoms with E-state index in [2.05, 4.69) is 20.3 Å². The first-order chi connectivity index (χ1) is 13.2. The van der Waals surface area contributed by atoms with Crippen LogP contribution in [0.2, 0.25) is 0 Å². The van der Waals surface area contributed by atoms with Gasteiger partial charge in [0.1, 0.15) is 17.4 Å². The molecule has 0 aliphatic carbocycles. The van der Waals surface area contributed by atoms with Gasteiger partial charge in [-0.1, -0.05) is 18.2 Å². The Balaban J connectivity index is 1.43. The number of carbonyl (C=O) groups is 1. The highest BCUT2D eigenvalue weighted by molar-refractivity contribution is 6.05. The molecule has 0 atom stereocenters. The van der Waals surface area contributed by atoms with Crippen LogP contribution in [0.4, 0.5) is 5.82 Å². The third-order valence-corrected chi connectivity index (χ3v) is 4.42. The molecule has 4 rings (SSSR count). The number of rotatable bonds is 6. The number of hydrogen-bond donors (Lipinski definition) is 1. The molecule has 0 saturated heterocycles. The summed E-state index contributed by atoms with van der Waals surface area (Å²) in [7, 11) is 1.78. The van der Waals surface area contributed by atoms with Crippen LogP contribution in [0.5, 0.6) is 0 Å². The average Bonchev–Trinajstić information content (AvgIpc) is 3.10. The van der Waals surface area contributed by atoms with E-state index in [-0.39, 0.29) is 12.5 Å². The summed E-state index contributed by atoms with van der Waals surface area (Å²) in [5.74, 6) is 0.483. The van der Waals surface area contributed by atoms with Crippen molar-refractivity contribution >= 4 is 33.8 Å². The molecule has 1 N–H and O–H groups in total. The minimum Gasteiger partial charge on any atom is -0.450 e. The fourth-order valence-corrected chi connectivity index (χ4v) is 2.90. The highest BCUT2D eigenvalue weighted by Crippen LogP contribution is 2.30. The lowest BCUT2D eigenvalue weighted by atomic mass is 10.2. The lowest BCUT2D eigenvalue weighted by molar-refractivity contribution is -0.128. The molecule has 7 heteroatoms. The van der Waals surface area contributed by atoms with Crippen LogP contribution in [-0.4, -0.2) is 45.9 Å². The number of furan rings is 1. The average molecular weight is 361 g/mol. The van der Waals surface area contributed by atoms with Crippen molar-refractivity contribution in [2.45, 2.75) is 6.42 Å². The van der Waals surface area contributed by atoms with E-state index in [0.29, 0.717) is 24.4 Å². The monoisotopic (exact) mass is 361 g/mol. The topological polar surface area (TPSA) is 84.2 Å². The van der Waals surface area contributed by atoms with E-state index in [4.69, 9.17) is 4.42 Å². The molecule has 136 valence electrons. The fraction of sp³-hybridized carbons (Fsp3) is 0.200. The number of anilines is 1. The Bertz CT molecular complexity index is 1080. The van der Waals surface area contributed by atoms with E-state index in [9.17, 15) is 4.79 Å². The number of likely N-dealkylation sites (N-methyl/N-ethyl adjacent to an activating group) is 1. The molecule has 0 radical (unpaired) electrons. The Morgan fingerprint density at radius 3 is 2.81 bits per heavy atom. The number of amides is 1. The molecule has 0 spiro atoms. The summed E-state index contributed by atoms with van der Waals surface area (Å²) >= 11 is 0. The smallest absolute Gasteiger partial charge is 0.241 e. The Hall–Kier alpha value is -3.48. The predicted octanol–water partition coefficient (Wildman–Crippen LogP) is 2.88. The Kier molecular flexibility index (Phi) is 4.65. The summed E-state index contributed by atoms with van der Waals surface area (Å²) < 4.78 is 5.86. The lowest BCUT2D eigenvalue weighted by Crippen LogP contribution is -2.34. The zero-order valence-electron chi connectivity index (χ0n) is 14.9. The second kappa shape index (κ2) is 7.41. The van der Waals surface area contributed by atoms with E-state index in [1.807, 2.05) is 42.5 Å². The molecule has 0 aliphatic rings. The quantitative estimate of drug-likeness (QED) is 0.568. The van der Waals surface area contributed by atoms with Gasteiger partial charge in [0.05, 0.1) is 6.54 Å². The van der Waals surface area contributed by atoms with Gasteiger partial charge in [-0.25, -0.2) is 9.97 Å². The minimum absolute atomic E-state index is 0.0335. The lowest BCUT2D eigenvalue weighted by Gasteiger charge is -2.17. The van der Waals surface area contributed by atoms with Crippen LogP contribution < -0.4 is 5.32 Å². The number of para-hydroxylation sites is 1. The Labute approximate surface area is 156 Å². The maximum Gasteiger partial charge on any atom is 0.241 e. The molecule has 4 aromatic rings. The van der Waals surface area contributed by atoms with Crippen molar-refractivity contribution in [3.8, 4) is 0 Å². The molecule has 7 nitrogen and oxygen atoms in total. The summed E-state index contributed by atoms with van der Waals surface area (Å²) in [6, 6.07) is 13.5. The van der Waals surface area contributed by atoms with Crippen LogP contribution in [0.15, 0.2) is 59.4 Å². The molecular formula is C20H19N5O2. The minimum atomic E-state index is -0.0335. The predicted molar refractivity (Wildman–Crippen MR) is 103 cm³/mol. The van der Waals surface area contributed by atoms with Crippen molar-refractivity contribution < 1.29 is 9.21 Å². The number of pyridine rings is 1. The fourth-order valence-electron chi connectivity index (χ4n) is 2.90. The SMILES string of the molecule is CN(CCc1ccccn1)C(=O)CNc1ncnc2c1oc1ccccc12. The molecule has 3 heterocycles. The van der Waals surface area contributed by atoms with Gasteiger partial charge < -0.3 is 14.6 Å². The van der Waals surface area contributed by atoms with Gasteiger partial charge in [-0.05, 0) is 24.3 Å². The largest absolute Gasteiger partial charge is 0.450 e. The first kappa shape index (κ1) is 17.0. The standard InChI is InChI=1S/C20H19N5O2/c1-25(11-9-14-6-4-5-10-21-14)17(26)12-22-20-19-18(23-13-24-20)15-7-2-3-8-16(15)27-19/h2-8,10,13H,9,11-12H2,1H3,(H,22,23,24). The molecule has 1 aromatic carbocycles. The second-order valence-electron chi connectivity index (χ2n) is 6.24. The Morgan fingerprint density at radius 1 is 1.11 bits per heavy atom. The van der Waals surface area contributed by atoms with Gasteiger partial charge >= 0.3 is 0 Å². The molecule has 0 fully saturated rings. The van der Waals surface area contributed by atoms with Gasteiger partial charge in [-0.3, -0.25) is 9.78 Å². The van der Waals surface area contributed by atoms with E-state index in [1.54, 1.807) is 18.1 Å². The number of nitrogens with zero attached hydrogens (tertiary/aromatic N) is 4. The van der Waals surface area contributed by atoms with E-state index < -0.39 is 0 Å². The van der Waals surface area contributed by atoms with Gasteiger partial charge in [-0.15, -0.1) is 0 Å². The molecule has 0 saturated carbocycles. The molecular weight excluding hydrogens is 342 g/mol. The van der Waals surface area contributed by atoms with Gasteiger partial charge in [0.15, 0.2) is 11.4 Å². The molecule has 0 bridgehead atoms. The van der Waals surface area contributed by atoms with E-state index in [1.165, 1.54) is 6.33 Å². The summed E-state index contributed by atoms with van der Waals surface area (Å²) in [6.07, 6.45) is 3.94. The molecule has 27 heavy (non-hydrogen) atoms. The Morgan fingerprint density at radius 2 is 1.96 bits per heavy atom. The van der Waals surface area contributed by atoms with Crippen LogP contribution >= 0.6 is 0 Å². The first-order valence-electron chi connectivity index (χ1n) is 8.72. The number of nitrogens with one attached hydrogen (secondary N) is 1. The molecule has 0 aliphatic heterocycles. The number of fused-ring (bicyclic) bond motifs is 3. The zero-order chi connectivity index (χ0) is 18.6. The van der Waals surface area contributed by atoms with Crippen molar-refractivity contribution in [2.24, 2.45) is 0 Å². The van der Waals surface area contributed by atoms with Crippen LogP contribution in [-0.2, 0) is 11.2 Å². The summed E-state index contributed by atoms with van der Waals surface area (Å²) in [4.78, 5) is 26.9. The third kappa shape index (κ3) is 3.57. The van der Waals surface area contributed by atoms with Crippen molar-refractivity contribution in [2.75, 3.05) is 25.5 Å². The molecule has 1 amide bonds. The summed E-state index contributed by atoms with van der Waals surface area (Å²) in [5.41, 5.74) is 3.00. The van der Waals surface area contributed by atoms with E-state index >= 15 is 0 Å². The third-order valence-electron chi connectivity index (χ3n) is 4.42. The highest BCUT2D eigenvalue weighted by Gasteiger charge is 2.14. The second-order valence-corrected chi connectivity index (χ2v) is 6.24. The van der Waals surface area contributed by atoms with Crippen molar-refractivity contribution in [3.63, 3.8) is 0 Å². The van der Waals surface area contributed by atoms with Gasteiger partial charge in [0.2, 0.25) is 5.91 Å². The van der Waals surface area contributed by atoms with Crippen LogP contribution in [0, 0.1) is 0 Å². The summed E-state index contributed by atoms with van der Waals surface area (Å²) in [6.45, 7) is 0.725. The van der Waals surface area contributed by atoms with Gasteiger partial charge in [0.25, 0.3) is 0 Å². The van der Waals surface area contributed by atoms with Crippen molar-refractivity contribution in [1.82, 2.24) is 19.9 Å². The van der Waals surface area contributed by atoms with Gasteiger partial charge in [-0.2, -0.15) is 0 Å². The van der Waals surface area contributed by atoms with E-state index in [0.717, 1.165) is 22.2 Å². The van der Waals surface area contributed by atoms with Crippen molar-refractivity contribution in [3.05, 3.63) is 60.7 Å². The van der Waals surface area contributed by atoms with Crippen LogP contribution in [0.3, 0.4) is 0 Å². The molecule has 3 aromatic heterocycles. The first-order valence-corrected chi connectivity index (χ1v) is 8.72. The maximum absolute atomic E-state index is 12.4. The van der Waals surface area contributed by atoms with Crippen LogP contribution in [0.1, 0.15) is 5.69 Å². The molecule has 0 unspecified atom stereocenters. The van der Waals surface area contributed by atoms with Crippen LogP contribution in [0.25, 0.3) is 22.1 Å². The van der Waals surface area contributed by atoms with Crippen molar-refractivity contribution in [1.29, 1.82) is 0 Å². The zero-order valence-corrected chi connectivity index (χ0v) is 14.9. The number of hydrogen-bond acceptors (Lipinski definition) is 6. The normalized spacial score (nSPS) is 11.0. The maximum atomic E-state index is 12.4. The number of benzene rings is 1. The summed E-state index contributed by atoms with van der Waals surface area (Å²) in [5, 5.41) is 4.00. The number of carbonyl (C=O) groups excluding carboxylic acids is 1. The number of aromatic nitrogens is 3. The highest BCUT2D eigenvalue weighted by atomic mass is 16.3. The van der Waals surface area contributed by atoms with Gasteiger partial charge in [0, 0.05) is 37.3 Å².